The number of nitriles is 1. The summed E-state index contributed by atoms with van der Waals surface area (Å²) in [5.41, 5.74) is 2.12. The molecule has 31 heavy (non-hydrogen) atoms. The van der Waals surface area contributed by atoms with Crippen molar-refractivity contribution in [3.05, 3.63) is 70.7 Å². The maximum absolute atomic E-state index is 12.5. The van der Waals surface area contributed by atoms with E-state index < -0.39 is 0 Å². The molecule has 0 aliphatic rings. The van der Waals surface area contributed by atoms with Gasteiger partial charge < -0.3 is 14.3 Å². The first kappa shape index (κ1) is 20.4. The molecule has 1 aromatic carbocycles. The van der Waals surface area contributed by atoms with Crippen LogP contribution in [-0.4, -0.2) is 26.9 Å². The minimum Gasteiger partial charge on any atom is -0.458 e. The van der Waals surface area contributed by atoms with Crippen LogP contribution in [0, 0.1) is 18.3 Å². The number of hydrogen-bond acceptors (Lipinski definition) is 6. The van der Waals surface area contributed by atoms with Crippen LogP contribution < -0.4 is 5.32 Å². The van der Waals surface area contributed by atoms with E-state index in [1.165, 1.54) is 0 Å². The number of carbonyl (C=O) groups is 1. The van der Waals surface area contributed by atoms with Crippen LogP contribution in [0.15, 0.2) is 57.6 Å². The van der Waals surface area contributed by atoms with Gasteiger partial charge in [0.1, 0.15) is 11.8 Å². The number of nitrogens with one attached hydrogen (secondary N) is 1. The van der Waals surface area contributed by atoms with E-state index in [1.54, 1.807) is 35.0 Å². The van der Waals surface area contributed by atoms with Crippen LogP contribution >= 0.6 is 11.6 Å². The third kappa shape index (κ3) is 4.52. The van der Waals surface area contributed by atoms with Crippen molar-refractivity contribution in [1.82, 2.24) is 20.3 Å². The van der Waals surface area contributed by atoms with Gasteiger partial charge in [-0.15, -0.1) is 0 Å². The molecule has 0 saturated heterocycles. The minimum absolute atomic E-state index is 0.171. The Bertz CT molecular complexity index is 1280. The summed E-state index contributed by atoms with van der Waals surface area (Å²) in [7, 11) is 0. The SMILES string of the molecule is Cc1ccc(-c2cc(C(=O)NC(C)Cn3ccc(-c4ccc(C#N)c(Cl)c4)n3)no2)o1. The van der Waals surface area contributed by atoms with Crippen LogP contribution in [0.4, 0.5) is 0 Å². The number of amides is 1. The predicted octanol–water partition coefficient (Wildman–Crippen LogP) is 4.45. The molecule has 4 rings (SSSR count). The second-order valence-corrected chi connectivity index (χ2v) is 7.50. The number of aryl methyl sites for hydroxylation is 1. The lowest BCUT2D eigenvalue weighted by Crippen LogP contribution is -2.36. The molecule has 3 aromatic heterocycles. The van der Waals surface area contributed by atoms with E-state index in [-0.39, 0.29) is 17.6 Å². The highest BCUT2D eigenvalue weighted by Crippen LogP contribution is 2.24. The Morgan fingerprint density at radius 1 is 1.26 bits per heavy atom. The molecule has 0 aliphatic heterocycles. The molecule has 0 fully saturated rings. The lowest BCUT2D eigenvalue weighted by molar-refractivity contribution is 0.0927. The van der Waals surface area contributed by atoms with Gasteiger partial charge in [0.15, 0.2) is 11.5 Å². The van der Waals surface area contributed by atoms with E-state index in [1.807, 2.05) is 38.2 Å². The maximum atomic E-state index is 12.5. The molecule has 8 nitrogen and oxygen atoms in total. The second kappa shape index (κ2) is 8.50. The van der Waals surface area contributed by atoms with Crippen LogP contribution in [0.1, 0.15) is 28.7 Å². The van der Waals surface area contributed by atoms with Gasteiger partial charge in [0.2, 0.25) is 5.76 Å². The molecule has 9 heteroatoms. The average molecular weight is 436 g/mol. The third-order valence-corrected chi connectivity index (χ3v) is 4.90. The zero-order chi connectivity index (χ0) is 22.0. The van der Waals surface area contributed by atoms with Gasteiger partial charge in [-0.1, -0.05) is 22.8 Å². The average Bonchev–Trinajstić information content (AvgIpc) is 3.48. The molecule has 0 aliphatic carbocycles. The summed E-state index contributed by atoms with van der Waals surface area (Å²) in [6, 6.07) is 14.0. The predicted molar refractivity (Wildman–Crippen MR) is 113 cm³/mol. The molecule has 1 unspecified atom stereocenters. The van der Waals surface area contributed by atoms with Crippen LogP contribution in [0.3, 0.4) is 0 Å². The molecule has 156 valence electrons. The summed E-state index contributed by atoms with van der Waals surface area (Å²) in [6.45, 7) is 4.15. The van der Waals surface area contributed by atoms with Gasteiger partial charge in [0.05, 0.1) is 22.8 Å². The van der Waals surface area contributed by atoms with Gasteiger partial charge in [-0.3, -0.25) is 9.48 Å². The van der Waals surface area contributed by atoms with Crippen molar-refractivity contribution >= 4 is 17.5 Å². The maximum Gasteiger partial charge on any atom is 0.273 e. The molecule has 0 saturated carbocycles. The van der Waals surface area contributed by atoms with E-state index in [0.29, 0.717) is 28.7 Å². The fourth-order valence-corrected chi connectivity index (χ4v) is 3.29. The highest BCUT2D eigenvalue weighted by atomic mass is 35.5. The lowest BCUT2D eigenvalue weighted by atomic mass is 10.1. The molecule has 0 radical (unpaired) electrons. The number of benzene rings is 1. The molecule has 1 N–H and O–H groups in total. The van der Waals surface area contributed by atoms with E-state index in [2.05, 4.69) is 15.6 Å². The van der Waals surface area contributed by atoms with Crippen molar-refractivity contribution in [3.63, 3.8) is 0 Å². The van der Waals surface area contributed by atoms with E-state index in [9.17, 15) is 4.79 Å². The van der Waals surface area contributed by atoms with Crippen molar-refractivity contribution in [2.24, 2.45) is 0 Å². The van der Waals surface area contributed by atoms with Crippen LogP contribution in [0.2, 0.25) is 5.02 Å². The monoisotopic (exact) mass is 435 g/mol. The molecule has 4 aromatic rings. The fourth-order valence-electron chi connectivity index (χ4n) is 3.07. The standard InChI is InChI=1S/C22H18ClN5O3/c1-13(25-22(29)19-10-21(31-27-19)20-6-3-14(2)30-20)12-28-8-7-18(26-28)15-4-5-16(11-24)17(23)9-15/h3-10,13H,12H2,1-2H3,(H,25,29). The summed E-state index contributed by atoms with van der Waals surface area (Å²) in [5.74, 6) is 1.30. The van der Waals surface area contributed by atoms with Crippen molar-refractivity contribution in [2.75, 3.05) is 0 Å². The van der Waals surface area contributed by atoms with Crippen LogP contribution in [-0.2, 0) is 6.54 Å². The van der Waals surface area contributed by atoms with Crippen LogP contribution in [0.5, 0.6) is 0 Å². The van der Waals surface area contributed by atoms with E-state index in [0.717, 1.165) is 17.0 Å². The minimum atomic E-state index is -0.350. The first-order chi connectivity index (χ1) is 14.9. The molecule has 1 amide bonds. The summed E-state index contributed by atoms with van der Waals surface area (Å²) >= 11 is 6.10. The largest absolute Gasteiger partial charge is 0.458 e. The zero-order valence-electron chi connectivity index (χ0n) is 16.8. The molecular formula is C22H18ClN5O3. The number of nitrogens with zero attached hydrogens (tertiary/aromatic N) is 4. The highest BCUT2D eigenvalue weighted by molar-refractivity contribution is 6.32. The van der Waals surface area contributed by atoms with Gasteiger partial charge in [-0.05, 0) is 44.2 Å². The number of furan rings is 1. The second-order valence-electron chi connectivity index (χ2n) is 7.09. The molecule has 1 atom stereocenters. The number of carbonyl (C=O) groups excluding carboxylic acids is 1. The Balaban J connectivity index is 1.39. The lowest BCUT2D eigenvalue weighted by Gasteiger charge is -2.12. The van der Waals surface area contributed by atoms with Crippen molar-refractivity contribution in [2.45, 2.75) is 26.4 Å². The third-order valence-electron chi connectivity index (χ3n) is 4.59. The molecule has 0 spiro atoms. The van der Waals surface area contributed by atoms with Gasteiger partial charge >= 0.3 is 0 Å². The summed E-state index contributed by atoms with van der Waals surface area (Å²) in [4.78, 5) is 12.5. The Labute approximate surface area is 183 Å². The highest BCUT2D eigenvalue weighted by Gasteiger charge is 2.18. The van der Waals surface area contributed by atoms with Gasteiger partial charge in [-0.2, -0.15) is 10.4 Å². The fraction of sp³-hybridized carbons (Fsp3) is 0.182. The zero-order valence-corrected chi connectivity index (χ0v) is 17.6. The first-order valence-electron chi connectivity index (χ1n) is 9.51. The number of hydrogen-bond donors (Lipinski definition) is 1. The van der Waals surface area contributed by atoms with Gasteiger partial charge in [0.25, 0.3) is 5.91 Å². The molecular weight excluding hydrogens is 418 g/mol. The van der Waals surface area contributed by atoms with Gasteiger partial charge in [0, 0.05) is 23.9 Å². The van der Waals surface area contributed by atoms with Crippen LogP contribution in [0.25, 0.3) is 22.8 Å². The molecule has 3 heterocycles. The smallest absolute Gasteiger partial charge is 0.273 e. The summed E-state index contributed by atoms with van der Waals surface area (Å²) in [5, 5.41) is 20.6. The topological polar surface area (TPSA) is 110 Å². The van der Waals surface area contributed by atoms with Gasteiger partial charge in [-0.25, -0.2) is 0 Å². The number of rotatable bonds is 6. The quantitative estimate of drug-likeness (QED) is 0.479. The van der Waals surface area contributed by atoms with Crippen molar-refractivity contribution < 1.29 is 13.7 Å². The Hall–Kier alpha value is -3.83. The van der Waals surface area contributed by atoms with E-state index in [4.69, 9.17) is 25.8 Å². The number of halogens is 1. The normalized spacial score (nSPS) is 11.8. The summed E-state index contributed by atoms with van der Waals surface area (Å²) in [6.07, 6.45) is 1.82. The van der Waals surface area contributed by atoms with Crippen molar-refractivity contribution in [3.8, 4) is 28.8 Å². The Morgan fingerprint density at radius 2 is 2.10 bits per heavy atom. The summed E-state index contributed by atoms with van der Waals surface area (Å²) < 4.78 is 12.4. The Kier molecular flexibility index (Phi) is 5.60. The Morgan fingerprint density at radius 3 is 2.81 bits per heavy atom. The molecule has 0 bridgehead atoms. The van der Waals surface area contributed by atoms with E-state index >= 15 is 0 Å². The van der Waals surface area contributed by atoms with Crippen molar-refractivity contribution in [1.29, 1.82) is 5.26 Å². The number of aromatic nitrogens is 3. The first-order valence-corrected chi connectivity index (χ1v) is 9.88.